The molecule has 2 atom stereocenters. The van der Waals surface area contributed by atoms with Gasteiger partial charge in [0.25, 0.3) is 5.69 Å². The minimum Gasteiger partial charge on any atom is -0.477 e. The highest BCUT2D eigenvalue weighted by Gasteiger charge is 2.38. The zero-order valence-electron chi connectivity index (χ0n) is 12.2. The lowest BCUT2D eigenvalue weighted by Crippen LogP contribution is -2.20. The standard InChI is InChI=1S/C16H14N2O5/c19-15-11-6-8(18(22)23)5-10-9-3-1-2-4-13(9)17(14(10)11)7-12(15)16(20)21/h5-7,9,13H,1-4H2,(H,20,21). The largest absolute Gasteiger partial charge is 0.477 e. The average molecular weight is 314 g/mol. The van der Waals surface area contributed by atoms with Gasteiger partial charge in [-0.15, -0.1) is 0 Å². The fourth-order valence-electron chi connectivity index (χ4n) is 4.12. The molecule has 7 heteroatoms. The summed E-state index contributed by atoms with van der Waals surface area (Å²) in [5.74, 6) is -1.18. The Kier molecular flexibility index (Phi) is 2.81. The molecule has 0 bridgehead atoms. The topological polar surface area (TPSA) is 102 Å². The van der Waals surface area contributed by atoms with E-state index in [9.17, 15) is 24.8 Å². The predicted molar refractivity (Wildman–Crippen MR) is 82.1 cm³/mol. The molecule has 2 heterocycles. The first-order chi connectivity index (χ1) is 11.0. The number of fused-ring (bicyclic) bond motifs is 3. The van der Waals surface area contributed by atoms with E-state index in [1.807, 2.05) is 4.57 Å². The van der Waals surface area contributed by atoms with Gasteiger partial charge < -0.3 is 9.67 Å². The van der Waals surface area contributed by atoms with Crippen LogP contribution in [0.25, 0.3) is 10.9 Å². The lowest BCUT2D eigenvalue weighted by Gasteiger charge is -2.27. The van der Waals surface area contributed by atoms with Crippen molar-refractivity contribution in [3.8, 4) is 0 Å². The Morgan fingerprint density at radius 2 is 2.04 bits per heavy atom. The van der Waals surface area contributed by atoms with Crippen LogP contribution in [0.2, 0.25) is 0 Å². The summed E-state index contributed by atoms with van der Waals surface area (Å²) in [6.45, 7) is 0. The van der Waals surface area contributed by atoms with E-state index in [1.165, 1.54) is 12.3 Å². The van der Waals surface area contributed by atoms with E-state index in [1.54, 1.807) is 6.07 Å². The van der Waals surface area contributed by atoms with Crippen LogP contribution in [0.15, 0.2) is 23.1 Å². The quantitative estimate of drug-likeness (QED) is 0.678. The summed E-state index contributed by atoms with van der Waals surface area (Å²) in [6.07, 6.45) is 5.28. The summed E-state index contributed by atoms with van der Waals surface area (Å²) >= 11 is 0. The number of hydrogen-bond donors (Lipinski definition) is 1. The Labute approximate surface area is 130 Å². The zero-order valence-corrected chi connectivity index (χ0v) is 12.2. The first kappa shape index (κ1) is 13.9. The van der Waals surface area contributed by atoms with Gasteiger partial charge in [-0.1, -0.05) is 12.8 Å². The van der Waals surface area contributed by atoms with Crippen LogP contribution in [0.4, 0.5) is 5.69 Å². The number of rotatable bonds is 2. The summed E-state index contributed by atoms with van der Waals surface area (Å²) in [5.41, 5.74) is 0.364. The minimum absolute atomic E-state index is 0.0851. The van der Waals surface area contributed by atoms with Crippen molar-refractivity contribution in [1.29, 1.82) is 0 Å². The van der Waals surface area contributed by atoms with Gasteiger partial charge >= 0.3 is 5.97 Å². The molecule has 0 saturated heterocycles. The molecule has 0 amide bonds. The number of non-ortho nitro benzene ring substituents is 1. The van der Waals surface area contributed by atoms with Gasteiger partial charge in [-0.25, -0.2) is 4.79 Å². The number of nitro benzene ring substituents is 1. The zero-order chi connectivity index (χ0) is 16.3. The van der Waals surface area contributed by atoms with Gasteiger partial charge in [-0.3, -0.25) is 14.9 Å². The molecule has 7 nitrogen and oxygen atoms in total. The van der Waals surface area contributed by atoms with E-state index in [0.717, 1.165) is 31.2 Å². The molecule has 1 aliphatic heterocycles. The lowest BCUT2D eigenvalue weighted by atomic mass is 9.82. The molecular formula is C16H14N2O5. The molecule has 2 unspecified atom stereocenters. The normalized spacial score (nSPS) is 22.1. The van der Waals surface area contributed by atoms with Crippen molar-refractivity contribution in [1.82, 2.24) is 4.57 Å². The first-order valence-electron chi connectivity index (χ1n) is 7.59. The van der Waals surface area contributed by atoms with Gasteiger partial charge in [0.1, 0.15) is 5.56 Å². The molecule has 1 aromatic heterocycles. The van der Waals surface area contributed by atoms with E-state index < -0.39 is 16.3 Å². The maximum Gasteiger partial charge on any atom is 0.341 e. The Hall–Kier alpha value is -2.70. The summed E-state index contributed by atoms with van der Waals surface area (Å²) in [6, 6.07) is 2.85. The van der Waals surface area contributed by atoms with Gasteiger partial charge in [0, 0.05) is 30.3 Å². The minimum atomic E-state index is -1.30. The molecule has 1 aromatic carbocycles. The summed E-state index contributed by atoms with van der Waals surface area (Å²) in [5, 5.41) is 20.6. The van der Waals surface area contributed by atoms with E-state index in [-0.39, 0.29) is 28.6 Å². The van der Waals surface area contributed by atoms with Gasteiger partial charge in [-0.05, 0) is 18.4 Å². The van der Waals surface area contributed by atoms with Crippen molar-refractivity contribution in [3.05, 3.63) is 49.8 Å². The van der Waals surface area contributed by atoms with E-state index in [2.05, 4.69) is 0 Å². The number of carboxylic acid groups (broad SMARTS) is 1. The number of carboxylic acids is 1. The van der Waals surface area contributed by atoms with Crippen LogP contribution in [-0.4, -0.2) is 20.6 Å². The highest BCUT2D eigenvalue weighted by atomic mass is 16.6. The van der Waals surface area contributed by atoms with Crippen LogP contribution in [0.5, 0.6) is 0 Å². The van der Waals surface area contributed by atoms with Crippen LogP contribution in [0.1, 0.15) is 53.6 Å². The average Bonchev–Trinajstić information content (AvgIpc) is 2.85. The first-order valence-corrected chi connectivity index (χ1v) is 7.59. The third-order valence-corrected chi connectivity index (χ3v) is 5.07. The third-order valence-electron chi connectivity index (χ3n) is 5.07. The number of nitro groups is 1. The van der Waals surface area contributed by atoms with Gasteiger partial charge in [0.2, 0.25) is 5.43 Å². The summed E-state index contributed by atoms with van der Waals surface area (Å²) in [7, 11) is 0. The van der Waals surface area contributed by atoms with Gasteiger partial charge in [0.15, 0.2) is 0 Å². The van der Waals surface area contributed by atoms with Crippen molar-refractivity contribution in [2.75, 3.05) is 0 Å². The van der Waals surface area contributed by atoms with Gasteiger partial charge in [-0.2, -0.15) is 0 Å². The Morgan fingerprint density at radius 1 is 1.30 bits per heavy atom. The van der Waals surface area contributed by atoms with Crippen LogP contribution < -0.4 is 5.43 Å². The second kappa shape index (κ2) is 4.65. The molecule has 4 rings (SSSR count). The van der Waals surface area contributed by atoms with E-state index in [4.69, 9.17) is 0 Å². The molecule has 0 radical (unpaired) electrons. The van der Waals surface area contributed by atoms with E-state index >= 15 is 0 Å². The number of carbonyl (C=O) groups is 1. The Morgan fingerprint density at radius 3 is 2.74 bits per heavy atom. The van der Waals surface area contributed by atoms with Crippen molar-refractivity contribution >= 4 is 22.6 Å². The monoisotopic (exact) mass is 314 g/mol. The van der Waals surface area contributed by atoms with Crippen molar-refractivity contribution in [2.24, 2.45) is 0 Å². The number of aromatic carboxylic acids is 1. The summed E-state index contributed by atoms with van der Waals surface area (Å²) < 4.78 is 1.86. The number of aromatic nitrogens is 1. The highest BCUT2D eigenvalue weighted by molar-refractivity contribution is 5.95. The van der Waals surface area contributed by atoms with Crippen molar-refractivity contribution in [2.45, 2.75) is 37.6 Å². The molecular weight excluding hydrogens is 300 g/mol. The SMILES string of the molecule is O=C(O)c1cn2c3c(cc([N+](=O)[O-])cc3c1=O)C1CCCCC12. The second-order valence-electron chi connectivity index (χ2n) is 6.23. The van der Waals surface area contributed by atoms with Gasteiger partial charge in [0.05, 0.1) is 15.8 Å². The van der Waals surface area contributed by atoms with E-state index in [0.29, 0.717) is 5.52 Å². The maximum absolute atomic E-state index is 12.5. The molecule has 1 N–H and O–H groups in total. The lowest BCUT2D eigenvalue weighted by molar-refractivity contribution is -0.384. The summed E-state index contributed by atoms with van der Waals surface area (Å²) in [4.78, 5) is 34.5. The number of hydrogen-bond acceptors (Lipinski definition) is 4. The molecule has 2 aromatic rings. The Bertz CT molecular complexity index is 912. The fourth-order valence-corrected chi connectivity index (χ4v) is 4.12. The molecule has 1 saturated carbocycles. The molecule has 118 valence electrons. The Balaban J connectivity index is 2.13. The molecule has 0 spiro atoms. The van der Waals surface area contributed by atoms with Crippen molar-refractivity contribution in [3.63, 3.8) is 0 Å². The fraction of sp³-hybridized carbons (Fsp3) is 0.375. The number of benzene rings is 1. The smallest absolute Gasteiger partial charge is 0.341 e. The van der Waals surface area contributed by atoms with Crippen LogP contribution in [0.3, 0.4) is 0 Å². The predicted octanol–water partition coefficient (Wildman–Crippen LogP) is 2.82. The highest BCUT2D eigenvalue weighted by Crippen LogP contribution is 2.49. The van der Waals surface area contributed by atoms with Crippen LogP contribution >= 0.6 is 0 Å². The molecule has 1 aliphatic carbocycles. The van der Waals surface area contributed by atoms with Crippen LogP contribution in [-0.2, 0) is 0 Å². The second-order valence-corrected chi connectivity index (χ2v) is 6.23. The molecule has 23 heavy (non-hydrogen) atoms. The number of nitrogens with zero attached hydrogens (tertiary/aromatic N) is 2. The molecule has 2 aliphatic rings. The third kappa shape index (κ3) is 1.82. The maximum atomic E-state index is 12.5. The van der Waals surface area contributed by atoms with Crippen LogP contribution in [0, 0.1) is 10.1 Å². The number of pyridine rings is 1. The van der Waals surface area contributed by atoms with Crippen molar-refractivity contribution < 1.29 is 14.8 Å². The molecule has 1 fully saturated rings.